The first-order chi connectivity index (χ1) is 7.93. The van der Waals surface area contributed by atoms with Gasteiger partial charge in [-0.1, -0.05) is 55.2 Å². The van der Waals surface area contributed by atoms with Crippen molar-refractivity contribution in [1.29, 1.82) is 0 Å². The monoisotopic (exact) mass is 208 g/mol. The third kappa shape index (κ3) is 5.74. The predicted octanol–water partition coefficient (Wildman–Crippen LogP) is 3.79. The van der Waals surface area contributed by atoms with Gasteiger partial charge in [0.1, 0.15) is 0 Å². The summed E-state index contributed by atoms with van der Waals surface area (Å²) in [4.78, 5) is 0. The molecule has 0 aliphatic carbocycles. The second-order valence-electron chi connectivity index (χ2n) is 3.39. The Hall–Kier alpha value is -1.92. The third-order valence-electron chi connectivity index (χ3n) is 2.00. The van der Waals surface area contributed by atoms with E-state index in [-0.39, 0.29) is 0 Å². The summed E-state index contributed by atoms with van der Waals surface area (Å²) in [5.41, 5.74) is 1.03. The zero-order valence-electron chi connectivity index (χ0n) is 9.66. The van der Waals surface area contributed by atoms with Crippen LogP contribution in [-0.4, -0.2) is 0 Å². The summed E-state index contributed by atoms with van der Waals surface area (Å²) in [5, 5.41) is 0. The van der Waals surface area contributed by atoms with Gasteiger partial charge in [-0.3, -0.25) is 0 Å². The van der Waals surface area contributed by atoms with Crippen molar-refractivity contribution in [3.8, 4) is 23.7 Å². The molecule has 0 unspecified atom stereocenters. The van der Waals surface area contributed by atoms with Crippen LogP contribution in [0.15, 0.2) is 42.5 Å². The van der Waals surface area contributed by atoms with Gasteiger partial charge in [-0.05, 0) is 30.7 Å². The van der Waals surface area contributed by atoms with E-state index in [4.69, 9.17) is 0 Å². The van der Waals surface area contributed by atoms with E-state index in [1.165, 1.54) is 12.8 Å². The Labute approximate surface area is 98.4 Å². The molecule has 16 heavy (non-hydrogen) atoms. The first kappa shape index (κ1) is 12.2. The molecule has 80 valence electrons. The molecular weight excluding hydrogens is 192 g/mol. The molecule has 0 fully saturated rings. The fourth-order valence-corrected chi connectivity index (χ4v) is 1.13. The van der Waals surface area contributed by atoms with Crippen molar-refractivity contribution in [2.24, 2.45) is 0 Å². The lowest BCUT2D eigenvalue weighted by molar-refractivity contribution is 0.828. The second-order valence-corrected chi connectivity index (χ2v) is 3.39. The summed E-state index contributed by atoms with van der Waals surface area (Å²) in [5.74, 6) is 12.1. The highest BCUT2D eigenvalue weighted by Crippen LogP contribution is 1.94. The quantitative estimate of drug-likeness (QED) is 0.512. The highest BCUT2D eigenvalue weighted by molar-refractivity contribution is 5.37. The number of hydrogen-bond donors (Lipinski definition) is 0. The molecule has 0 saturated heterocycles. The van der Waals surface area contributed by atoms with Crippen molar-refractivity contribution in [2.75, 3.05) is 0 Å². The van der Waals surface area contributed by atoms with E-state index in [2.05, 4.69) is 30.6 Å². The molecule has 0 nitrogen and oxygen atoms in total. The van der Waals surface area contributed by atoms with Gasteiger partial charge in [-0.25, -0.2) is 0 Å². The predicted molar refractivity (Wildman–Crippen MR) is 69.8 cm³/mol. The maximum absolute atomic E-state index is 3.08. The van der Waals surface area contributed by atoms with Crippen molar-refractivity contribution >= 4 is 0 Å². The number of benzene rings is 1. The molecule has 1 rings (SSSR count). The third-order valence-corrected chi connectivity index (χ3v) is 2.00. The Morgan fingerprint density at radius 2 is 1.81 bits per heavy atom. The summed E-state index contributed by atoms with van der Waals surface area (Å²) >= 11 is 0. The lowest BCUT2D eigenvalue weighted by Crippen LogP contribution is -1.69. The number of allylic oxidation sites excluding steroid dienone is 2. The van der Waals surface area contributed by atoms with Crippen molar-refractivity contribution in [1.82, 2.24) is 0 Å². The minimum atomic E-state index is 0.979. The molecule has 0 aliphatic heterocycles. The molecular formula is C16H16. The summed E-state index contributed by atoms with van der Waals surface area (Å²) in [6.45, 7) is 2.17. The lowest BCUT2D eigenvalue weighted by atomic mass is 10.2. The summed E-state index contributed by atoms with van der Waals surface area (Å²) in [6.07, 6.45) is 6.97. The van der Waals surface area contributed by atoms with Crippen LogP contribution >= 0.6 is 0 Å². The lowest BCUT2D eigenvalue weighted by Gasteiger charge is -1.84. The smallest absolute Gasteiger partial charge is 0.0248 e. The molecule has 1 aromatic carbocycles. The molecule has 0 heteroatoms. The van der Waals surface area contributed by atoms with Gasteiger partial charge in [0.15, 0.2) is 0 Å². The summed E-state index contributed by atoms with van der Waals surface area (Å²) < 4.78 is 0. The van der Waals surface area contributed by atoms with Gasteiger partial charge in [0.25, 0.3) is 0 Å². The number of hydrogen-bond acceptors (Lipinski definition) is 0. The van der Waals surface area contributed by atoms with Gasteiger partial charge >= 0.3 is 0 Å². The molecule has 0 spiro atoms. The summed E-state index contributed by atoms with van der Waals surface area (Å²) in [7, 11) is 0. The fourth-order valence-electron chi connectivity index (χ4n) is 1.13. The summed E-state index contributed by atoms with van der Waals surface area (Å²) in [6, 6.07) is 9.94. The number of unbranched alkanes of at least 4 members (excludes halogenated alkanes) is 2. The second kappa shape index (κ2) is 8.39. The van der Waals surface area contributed by atoms with Gasteiger partial charge in [-0.15, -0.1) is 0 Å². The van der Waals surface area contributed by atoms with Gasteiger partial charge in [-0.2, -0.15) is 0 Å². The normalized spacial score (nSPS) is 9.06. The molecule has 0 amide bonds. The van der Waals surface area contributed by atoms with E-state index >= 15 is 0 Å². The van der Waals surface area contributed by atoms with E-state index in [9.17, 15) is 0 Å². The van der Waals surface area contributed by atoms with Crippen molar-refractivity contribution in [2.45, 2.75) is 26.2 Å². The van der Waals surface area contributed by atoms with Crippen LogP contribution in [0.3, 0.4) is 0 Å². The molecule has 0 atom stereocenters. The average Bonchev–Trinajstić information content (AvgIpc) is 2.34. The van der Waals surface area contributed by atoms with Crippen molar-refractivity contribution in [3.63, 3.8) is 0 Å². The van der Waals surface area contributed by atoms with Crippen LogP contribution in [0.2, 0.25) is 0 Å². The van der Waals surface area contributed by atoms with Gasteiger partial charge in [0.2, 0.25) is 0 Å². The molecule has 0 saturated carbocycles. The van der Waals surface area contributed by atoms with Crippen LogP contribution in [0.4, 0.5) is 0 Å². The zero-order valence-corrected chi connectivity index (χ0v) is 9.66. The van der Waals surface area contributed by atoms with Gasteiger partial charge in [0.05, 0.1) is 0 Å². The Kier molecular flexibility index (Phi) is 6.37. The van der Waals surface area contributed by atoms with E-state index in [0.717, 1.165) is 12.0 Å². The van der Waals surface area contributed by atoms with E-state index in [1.54, 1.807) is 6.08 Å². The zero-order chi connectivity index (χ0) is 11.5. The van der Waals surface area contributed by atoms with E-state index in [1.807, 2.05) is 36.4 Å². The van der Waals surface area contributed by atoms with Gasteiger partial charge in [0, 0.05) is 12.0 Å². The van der Waals surface area contributed by atoms with Crippen LogP contribution in [0.1, 0.15) is 31.7 Å². The Morgan fingerprint density at radius 1 is 1.06 bits per heavy atom. The molecule has 0 heterocycles. The highest BCUT2D eigenvalue weighted by atomic mass is 13.8. The molecule has 0 aromatic heterocycles. The molecule has 0 N–H and O–H groups in total. The van der Waals surface area contributed by atoms with E-state index < -0.39 is 0 Å². The minimum Gasteiger partial charge on any atom is -0.0985 e. The Morgan fingerprint density at radius 3 is 2.56 bits per heavy atom. The van der Waals surface area contributed by atoms with Crippen LogP contribution < -0.4 is 0 Å². The number of rotatable bonds is 2. The Bertz CT molecular complexity index is 430. The van der Waals surface area contributed by atoms with Crippen LogP contribution in [0.25, 0.3) is 0 Å². The standard InChI is InChI=1S/C16H16/c1-2-3-4-5-6-7-8-10-13-16-14-11-9-12-15-16/h7-9,11-12,14-15H,2-4H2,1H3/b8-7+. The maximum atomic E-state index is 3.08. The van der Waals surface area contributed by atoms with Crippen molar-refractivity contribution < 1.29 is 0 Å². The van der Waals surface area contributed by atoms with Gasteiger partial charge < -0.3 is 0 Å². The first-order valence-electron chi connectivity index (χ1n) is 5.63. The molecule has 0 radical (unpaired) electrons. The molecule has 0 aliphatic rings. The Balaban J connectivity index is 2.36. The van der Waals surface area contributed by atoms with Crippen LogP contribution in [0, 0.1) is 23.7 Å². The first-order valence-corrected chi connectivity index (χ1v) is 5.63. The maximum Gasteiger partial charge on any atom is 0.0248 e. The topological polar surface area (TPSA) is 0 Å². The van der Waals surface area contributed by atoms with Crippen LogP contribution in [0.5, 0.6) is 0 Å². The largest absolute Gasteiger partial charge is 0.0985 e. The fraction of sp³-hybridized carbons (Fsp3) is 0.250. The molecule has 0 bridgehead atoms. The van der Waals surface area contributed by atoms with Crippen molar-refractivity contribution in [3.05, 3.63) is 48.0 Å². The van der Waals surface area contributed by atoms with Crippen LogP contribution in [-0.2, 0) is 0 Å². The minimum absolute atomic E-state index is 0.979. The highest BCUT2D eigenvalue weighted by Gasteiger charge is 1.78. The average molecular weight is 208 g/mol. The van der Waals surface area contributed by atoms with E-state index in [0.29, 0.717) is 0 Å². The molecule has 1 aromatic rings. The SMILES string of the molecule is CCCCC#C/C=C/C#Cc1ccccc1.